The van der Waals surface area contributed by atoms with Crippen molar-refractivity contribution in [2.24, 2.45) is 0 Å². The molecule has 49 heavy (non-hydrogen) atoms. The molecule has 1 amide bonds. The maximum absolute atomic E-state index is 14.2. The van der Waals surface area contributed by atoms with E-state index in [1.165, 1.54) is 41.0 Å². The van der Waals surface area contributed by atoms with Gasteiger partial charge in [-0.05, 0) is 61.2 Å². The number of alkyl halides is 3. The summed E-state index contributed by atoms with van der Waals surface area (Å²) in [5, 5.41) is 9.51. The van der Waals surface area contributed by atoms with E-state index in [0.717, 1.165) is 62.0 Å². The molecule has 0 aliphatic carbocycles. The molecule has 2 aliphatic heterocycles. The number of hydrogen-bond acceptors (Lipinski definition) is 9. The Balaban J connectivity index is 1.29. The Bertz CT molecular complexity index is 2090. The highest BCUT2D eigenvalue weighted by atomic mass is 32.1. The SMILES string of the molecule is CC(=O)N1CCCC1c1nc(-c2cc3cnc(Nc4ccc(N5CCNCC5)c(C)c4)nc3n(Cc3ccccc3C(F)(F)F)c2=O)cs1. The molecule has 14 heteroatoms. The van der Waals surface area contributed by atoms with E-state index in [4.69, 9.17) is 4.98 Å². The summed E-state index contributed by atoms with van der Waals surface area (Å²) in [5.41, 5.74) is 2.33. The maximum Gasteiger partial charge on any atom is 0.416 e. The van der Waals surface area contributed by atoms with Crippen molar-refractivity contribution in [2.75, 3.05) is 42.9 Å². The highest BCUT2D eigenvalue weighted by Gasteiger charge is 2.34. The zero-order chi connectivity index (χ0) is 34.3. The lowest BCUT2D eigenvalue weighted by Gasteiger charge is -2.30. The van der Waals surface area contributed by atoms with Gasteiger partial charge in [-0.1, -0.05) is 18.2 Å². The van der Waals surface area contributed by atoms with Gasteiger partial charge in [0.05, 0.1) is 29.4 Å². The third-order valence-corrected chi connectivity index (χ3v) is 10.1. The third-order valence-electron chi connectivity index (χ3n) is 9.13. The van der Waals surface area contributed by atoms with Gasteiger partial charge in [-0.2, -0.15) is 18.2 Å². The minimum Gasteiger partial charge on any atom is -0.369 e. The van der Waals surface area contributed by atoms with Crippen molar-refractivity contribution < 1.29 is 18.0 Å². The van der Waals surface area contributed by atoms with E-state index in [9.17, 15) is 22.8 Å². The highest BCUT2D eigenvalue weighted by molar-refractivity contribution is 7.10. The summed E-state index contributed by atoms with van der Waals surface area (Å²) in [7, 11) is 0. The number of amides is 1. The average Bonchev–Trinajstić information content (AvgIpc) is 3.77. The Hall–Kier alpha value is -4.82. The highest BCUT2D eigenvalue weighted by Crippen LogP contribution is 2.36. The number of piperazine rings is 1. The number of nitrogens with zero attached hydrogens (tertiary/aromatic N) is 6. The topological polar surface area (TPSA) is 108 Å². The van der Waals surface area contributed by atoms with Crippen LogP contribution in [0.25, 0.3) is 22.3 Å². The number of likely N-dealkylation sites (tertiary alicyclic amines) is 1. The molecule has 2 saturated heterocycles. The van der Waals surface area contributed by atoms with Crippen LogP contribution in [0.15, 0.2) is 64.9 Å². The van der Waals surface area contributed by atoms with E-state index < -0.39 is 17.3 Å². The first kappa shape index (κ1) is 32.7. The first-order valence-electron chi connectivity index (χ1n) is 16.2. The molecule has 0 spiro atoms. The molecule has 1 atom stereocenters. The summed E-state index contributed by atoms with van der Waals surface area (Å²) in [4.78, 5) is 44.5. The number of fused-ring (bicyclic) bond motifs is 1. The fourth-order valence-electron chi connectivity index (χ4n) is 6.74. The monoisotopic (exact) mass is 688 g/mol. The van der Waals surface area contributed by atoms with E-state index in [0.29, 0.717) is 22.6 Å². The fourth-order valence-corrected chi connectivity index (χ4v) is 7.71. The second-order valence-corrected chi connectivity index (χ2v) is 13.3. The van der Waals surface area contributed by atoms with Crippen LogP contribution < -0.4 is 21.1 Å². The summed E-state index contributed by atoms with van der Waals surface area (Å²) < 4.78 is 43.5. The normalized spacial score (nSPS) is 16.8. The summed E-state index contributed by atoms with van der Waals surface area (Å²) >= 11 is 1.36. The Kier molecular flexibility index (Phi) is 8.84. The van der Waals surface area contributed by atoms with Crippen molar-refractivity contribution in [1.82, 2.24) is 29.7 Å². The zero-order valence-corrected chi connectivity index (χ0v) is 27.9. The number of benzene rings is 2. The number of carbonyl (C=O) groups is 1. The quantitative estimate of drug-likeness (QED) is 0.211. The lowest BCUT2D eigenvalue weighted by Crippen LogP contribution is -2.43. The third kappa shape index (κ3) is 6.62. The zero-order valence-electron chi connectivity index (χ0n) is 27.0. The number of rotatable bonds is 7. The van der Waals surface area contributed by atoms with Crippen molar-refractivity contribution in [2.45, 2.75) is 45.5 Å². The van der Waals surface area contributed by atoms with Crippen LogP contribution >= 0.6 is 11.3 Å². The molecule has 2 N–H and O–H groups in total. The van der Waals surface area contributed by atoms with E-state index in [1.54, 1.807) is 22.5 Å². The molecule has 5 aromatic rings. The van der Waals surface area contributed by atoms with Crippen LogP contribution in [-0.2, 0) is 17.5 Å². The van der Waals surface area contributed by atoms with E-state index in [1.807, 2.05) is 25.1 Å². The molecular weight excluding hydrogens is 654 g/mol. The smallest absolute Gasteiger partial charge is 0.369 e. The Morgan fingerprint density at radius 3 is 2.63 bits per heavy atom. The van der Waals surface area contributed by atoms with E-state index >= 15 is 0 Å². The van der Waals surface area contributed by atoms with Crippen LogP contribution in [0.3, 0.4) is 0 Å². The number of hydrogen-bond donors (Lipinski definition) is 2. The molecule has 0 radical (unpaired) electrons. The summed E-state index contributed by atoms with van der Waals surface area (Å²) in [6, 6.07) is 12.7. The van der Waals surface area contributed by atoms with Gasteiger partial charge in [-0.15, -0.1) is 11.3 Å². The lowest BCUT2D eigenvalue weighted by atomic mass is 10.1. The van der Waals surface area contributed by atoms with Gasteiger partial charge in [-0.25, -0.2) is 9.97 Å². The van der Waals surface area contributed by atoms with Crippen molar-refractivity contribution >= 4 is 45.6 Å². The van der Waals surface area contributed by atoms with Gasteiger partial charge < -0.3 is 20.4 Å². The molecule has 2 fully saturated rings. The van der Waals surface area contributed by atoms with Crippen LogP contribution in [0.2, 0.25) is 0 Å². The van der Waals surface area contributed by atoms with Crippen LogP contribution in [0.4, 0.5) is 30.5 Å². The number of carbonyl (C=O) groups excluding carboxylic acids is 1. The van der Waals surface area contributed by atoms with Crippen molar-refractivity contribution in [3.8, 4) is 11.3 Å². The molecule has 254 valence electrons. The first-order valence-corrected chi connectivity index (χ1v) is 17.1. The first-order chi connectivity index (χ1) is 23.6. The largest absolute Gasteiger partial charge is 0.416 e. The number of pyridine rings is 1. The number of aryl methyl sites for hydroxylation is 1. The van der Waals surface area contributed by atoms with Crippen molar-refractivity contribution in [3.63, 3.8) is 0 Å². The number of halogens is 3. The van der Waals surface area contributed by atoms with Crippen LogP contribution in [0.1, 0.15) is 47.5 Å². The molecule has 0 bridgehead atoms. The number of nitrogens with one attached hydrogen (secondary N) is 2. The van der Waals surface area contributed by atoms with Gasteiger partial charge in [0.2, 0.25) is 11.9 Å². The number of aromatic nitrogens is 4. The Labute approximate surface area is 284 Å². The minimum absolute atomic E-state index is 0.0390. The summed E-state index contributed by atoms with van der Waals surface area (Å²) in [6.07, 6.45) is -1.43. The van der Waals surface area contributed by atoms with Gasteiger partial charge >= 0.3 is 6.18 Å². The van der Waals surface area contributed by atoms with Crippen LogP contribution in [0.5, 0.6) is 0 Å². The molecule has 1 unspecified atom stereocenters. The Morgan fingerprint density at radius 2 is 1.88 bits per heavy atom. The molecule has 7 rings (SSSR count). The van der Waals surface area contributed by atoms with Gasteiger partial charge in [0.25, 0.3) is 5.56 Å². The van der Waals surface area contributed by atoms with E-state index in [2.05, 4.69) is 25.5 Å². The fraction of sp³-hybridized carbons (Fsp3) is 0.343. The van der Waals surface area contributed by atoms with Crippen molar-refractivity contribution in [1.29, 1.82) is 0 Å². The molecule has 5 heterocycles. The Morgan fingerprint density at radius 1 is 1.08 bits per heavy atom. The lowest BCUT2D eigenvalue weighted by molar-refractivity contribution is -0.138. The second-order valence-electron chi connectivity index (χ2n) is 12.4. The number of anilines is 3. The number of thiazole rings is 1. The van der Waals surface area contributed by atoms with Crippen LogP contribution in [0, 0.1) is 6.92 Å². The van der Waals surface area contributed by atoms with Gasteiger partial charge in [0, 0.05) is 68.0 Å². The minimum atomic E-state index is -4.61. The second kappa shape index (κ2) is 13.2. The summed E-state index contributed by atoms with van der Waals surface area (Å²) in [6.45, 7) is 7.51. The predicted molar refractivity (Wildman–Crippen MR) is 184 cm³/mol. The molecule has 2 aliphatic rings. The standard InChI is InChI=1S/C35H35F3N8O2S/c1-21-16-25(9-10-29(21)44-14-11-39-12-15-44)41-34-40-18-24-17-26(28-20-49-32(42-28)30-8-5-13-45(30)22(2)47)33(48)46(31(24)43-34)19-23-6-3-4-7-27(23)35(36,37)38/h3-4,6-7,9-10,16-18,20,30,39H,5,8,11-15,19H2,1-2H3,(H,40,41,43). The molecular formula is C35H35F3N8O2S. The van der Waals surface area contributed by atoms with Gasteiger partial charge in [0.1, 0.15) is 10.7 Å². The van der Waals surface area contributed by atoms with Gasteiger partial charge in [0.15, 0.2) is 0 Å². The predicted octanol–water partition coefficient (Wildman–Crippen LogP) is 6.13. The summed E-state index contributed by atoms with van der Waals surface area (Å²) in [5.74, 6) is 0.163. The van der Waals surface area contributed by atoms with Gasteiger partial charge in [-0.3, -0.25) is 14.2 Å². The van der Waals surface area contributed by atoms with Crippen molar-refractivity contribution in [3.05, 3.63) is 92.2 Å². The maximum atomic E-state index is 14.2. The molecule has 0 saturated carbocycles. The van der Waals surface area contributed by atoms with E-state index in [-0.39, 0.29) is 41.2 Å². The molecule has 10 nitrogen and oxygen atoms in total. The molecule has 3 aromatic heterocycles. The van der Waals surface area contributed by atoms with Crippen LogP contribution in [-0.4, -0.2) is 63.0 Å². The molecule has 2 aromatic carbocycles. The average molecular weight is 689 g/mol.